The second-order valence-corrected chi connectivity index (χ2v) is 4.44. The predicted octanol–water partition coefficient (Wildman–Crippen LogP) is 0.435. The van der Waals surface area contributed by atoms with Crippen molar-refractivity contribution < 1.29 is 4.92 Å². The third-order valence-corrected chi connectivity index (χ3v) is 3.01. The van der Waals surface area contributed by atoms with E-state index in [0.29, 0.717) is 17.6 Å². The predicted molar refractivity (Wildman–Crippen MR) is 64.3 cm³/mol. The van der Waals surface area contributed by atoms with Crippen LogP contribution in [0.3, 0.4) is 0 Å². The second kappa shape index (κ2) is 4.33. The lowest BCUT2D eigenvalue weighted by atomic mass is 10.2. The van der Waals surface area contributed by atoms with Crippen LogP contribution in [-0.2, 0) is 7.05 Å². The Morgan fingerprint density at radius 1 is 1.59 bits per heavy atom. The zero-order chi connectivity index (χ0) is 12.6. The van der Waals surface area contributed by atoms with Gasteiger partial charge in [0.05, 0.1) is 4.92 Å². The second-order valence-electron chi connectivity index (χ2n) is 4.44. The average molecular weight is 239 g/mol. The maximum absolute atomic E-state index is 11.1. The molecular weight excluding hydrogens is 222 g/mol. The van der Waals surface area contributed by atoms with Gasteiger partial charge in [0, 0.05) is 32.7 Å². The molecule has 1 aromatic rings. The fraction of sp³-hybridized carbons (Fsp3) is 0.700. The van der Waals surface area contributed by atoms with E-state index in [2.05, 4.69) is 17.3 Å². The summed E-state index contributed by atoms with van der Waals surface area (Å²) in [6.07, 6.45) is 0. The Morgan fingerprint density at radius 2 is 2.29 bits per heavy atom. The summed E-state index contributed by atoms with van der Waals surface area (Å²) in [6.45, 7) is 6.11. The molecule has 2 heterocycles. The highest BCUT2D eigenvalue weighted by molar-refractivity contribution is 5.61. The number of nitro groups is 1. The van der Waals surface area contributed by atoms with E-state index in [0.717, 1.165) is 19.6 Å². The van der Waals surface area contributed by atoms with Gasteiger partial charge in [-0.3, -0.25) is 10.1 Å². The molecular formula is C10H17N5O2. The van der Waals surface area contributed by atoms with E-state index in [1.54, 1.807) is 18.7 Å². The molecule has 1 atom stereocenters. The summed E-state index contributed by atoms with van der Waals surface area (Å²) in [6, 6.07) is 0.332. The van der Waals surface area contributed by atoms with Gasteiger partial charge in [-0.2, -0.15) is 5.10 Å². The van der Waals surface area contributed by atoms with Gasteiger partial charge in [0.25, 0.3) is 0 Å². The number of hydrogen-bond acceptors (Lipinski definition) is 5. The Hall–Kier alpha value is -1.63. The molecule has 7 nitrogen and oxygen atoms in total. The third kappa shape index (κ3) is 2.10. The molecule has 1 saturated heterocycles. The summed E-state index contributed by atoms with van der Waals surface area (Å²) in [7, 11) is 1.75. The normalized spacial score (nSPS) is 20.6. The van der Waals surface area contributed by atoms with E-state index in [1.807, 2.05) is 4.90 Å². The van der Waals surface area contributed by atoms with E-state index < -0.39 is 0 Å². The molecule has 0 aromatic carbocycles. The van der Waals surface area contributed by atoms with E-state index in [-0.39, 0.29) is 10.6 Å². The highest BCUT2D eigenvalue weighted by Crippen LogP contribution is 2.31. The highest BCUT2D eigenvalue weighted by Gasteiger charge is 2.30. The average Bonchev–Trinajstić information content (AvgIpc) is 2.53. The molecule has 1 aliphatic heterocycles. The molecule has 0 spiro atoms. The summed E-state index contributed by atoms with van der Waals surface area (Å²) in [4.78, 5) is 12.8. The van der Waals surface area contributed by atoms with Gasteiger partial charge in [0.2, 0.25) is 5.82 Å². The van der Waals surface area contributed by atoms with Crippen LogP contribution in [0, 0.1) is 17.0 Å². The zero-order valence-corrected chi connectivity index (χ0v) is 10.3. The molecule has 0 saturated carbocycles. The fourth-order valence-corrected chi connectivity index (χ4v) is 2.33. The SMILES string of the molecule is Cc1nn(C)c(N2CCN[C@H](C)C2)c1[N+](=O)[O-]. The number of piperazine rings is 1. The Balaban J connectivity index is 2.40. The minimum absolute atomic E-state index is 0.126. The lowest BCUT2D eigenvalue weighted by Gasteiger charge is -2.32. The van der Waals surface area contributed by atoms with Gasteiger partial charge in [-0.15, -0.1) is 0 Å². The first-order valence-corrected chi connectivity index (χ1v) is 5.67. The number of hydrogen-bond donors (Lipinski definition) is 1. The van der Waals surface area contributed by atoms with Crippen LogP contribution in [0.5, 0.6) is 0 Å². The van der Waals surface area contributed by atoms with Crippen molar-refractivity contribution in [1.29, 1.82) is 0 Å². The van der Waals surface area contributed by atoms with Crippen LogP contribution in [0.4, 0.5) is 11.5 Å². The van der Waals surface area contributed by atoms with Crippen LogP contribution in [0.1, 0.15) is 12.6 Å². The van der Waals surface area contributed by atoms with E-state index in [1.165, 1.54) is 0 Å². The quantitative estimate of drug-likeness (QED) is 0.598. The Labute approximate surface area is 99.6 Å². The molecule has 0 aliphatic carbocycles. The molecule has 0 bridgehead atoms. The summed E-state index contributed by atoms with van der Waals surface area (Å²) in [5.74, 6) is 0.612. The van der Waals surface area contributed by atoms with Crippen LogP contribution in [-0.4, -0.2) is 40.4 Å². The minimum atomic E-state index is -0.343. The fourth-order valence-electron chi connectivity index (χ4n) is 2.33. The van der Waals surface area contributed by atoms with Crippen molar-refractivity contribution >= 4 is 11.5 Å². The maximum Gasteiger partial charge on any atom is 0.333 e. The Morgan fingerprint density at radius 3 is 2.88 bits per heavy atom. The van der Waals surface area contributed by atoms with Gasteiger partial charge in [-0.05, 0) is 13.8 Å². The van der Waals surface area contributed by atoms with Crippen LogP contribution >= 0.6 is 0 Å². The van der Waals surface area contributed by atoms with Crippen molar-refractivity contribution in [1.82, 2.24) is 15.1 Å². The molecule has 0 unspecified atom stereocenters. The maximum atomic E-state index is 11.1. The van der Waals surface area contributed by atoms with Gasteiger partial charge in [-0.25, -0.2) is 4.68 Å². The molecule has 2 rings (SSSR count). The van der Waals surface area contributed by atoms with Crippen molar-refractivity contribution in [2.45, 2.75) is 19.9 Å². The van der Waals surface area contributed by atoms with Crippen LogP contribution in [0.15, 0.2) is 0 Å². The molecule has 7 heteroatoms. The summed E-state index contributed by atoms with van der Waals surface area (Å²) >= 11 is 0. The smallest absolute Gasteiger partial charge is 0.333 e. The number of anilines is 1. The Kier molecular flexibility index (Phi) is 3.01. The van der Waals surface area contributed by atoms with E-state index >= 15 is 0 Å². The van der Waals surface area contributed by atoms with Gasteiger partial charge < -0.3 is 10.2 Å². The summed E-state index contributed by atoms with van der Waals surface area (Å²) in [5, 5.41) is 18.6. The standard InChI is InChI=1S/C10H17N5O2/c1-7-6-14(5-4-11-7)10-9(15(16)17)8(2)12-13(10)3/h7,11H,4-6H2,1-3H3/t7-/m1/s1. The van der Waals surface area contributed by atoms with E-state index in [4.69, 9.17) is 0 Å². The topological polar surface area (TPSA) is 76.2 Å². The molecule has 1 aromatic heterocycles. The van der Waals surface area contributed by atoms with E-state index in [9.17, 15) is 10.1 Å². The lowest BCUT2D eigenvalue weighted by molar-refractivity contribution is -0.384. The molecule has 94 valence electrons. The minimum Gasteiger partial charge on any atom is -0.348 e. The van der Waals surface area contributed by atoms with Gasteiger partial charge >= 0.3 is 5.69 Å². The molecule has 1 fully saturated rings. The molecule has 1 aliphatic rings. The van der Waals surface area contributed by atoms with Crippen molar-refractivity contribution in [3.8, 4) is 0 Å². The highest BCUT2D eigenvalue weighted by atomic mass is 16.6. The molecule has 17 heavy (non-hydrogen) atoms. The van der Waals surface area contributed by atoms with Gasteiger partial charge in [0.15, 0.2) is 0 Å². The number of aromatic nitrogens is 2. The van der Waals surface area contributed by atoms with Crippen LogP contribution in [0.2, 0.25) is 0 Å². The number of aryl methyl sites for hydroxylation is 2. The van der Waals surface area contributed by atoms with Gasteiger partial charge in [-0.1, -0.05) is 0 Å². The van der Waals surface area contributed by atoms with Crippen molar-refractivity contribution in [3.05, 3.63) is 15.8 Å². The van der Waals surface area contributed by atoms with Gasteiger partial charge in [0.1, 0.15) is 5.69 Å². The lowest BCUT2D eigenvalue weighted by Crippen LogP contribution is -2.50. The molecule has 0 radical (unpaired) electrons. The number of nitrogens with one attached hydrogen (secondary N) is 1. The Bertz CT molecular complexity index is 442. The first-order valence-electron chi connectivity index (χ1n) is 5.67. The van der Waals surface area contributed by atoms with Crippen molar-refractivity contribution in [2.24, 2.45) is 7.05 Å². The van der Waals surface area contributed by atoms with Crippen LogP contribution < -0.4 is 10.2 Å². The van der Waals surface area contributed by atoms with Crippen molar-refractivity contribution in [3.63, 3.8) is 0 Å². The first kappa shape index (κ1) is 11.8. The molecule has 0 amide bonds. The van der Waals surface area contributed by atoms with Crippen molar-refractivity contribution in [2.75, 3.05) is 24.5 Å². The monoisotopic (exact) mass is 239 g/mol. The summed E-state index contributed by atoms with van der Waals surface area (Å²) < 4.78 is 1.60. The zero-order valence-electron chi connectivity index (χ0n) is 10.3. The first-order chi connectivity index (χ1) is 8.00. The molecule has 1 N–H and O–H groups in total. The number of rotatable bonds is 2. The largest absolute Gasteiger partial charge is 0.348 e. The summed E-state index contributed by atoms with van der Waals surface area (Å²) in [5.41, 5.74) is 0.597. The third-order valence-electron chi connectivity index (χ3n) is 3.01. The van der Waals surface area contributed by atoms with Crippen LogP contribution in [0.25, 0.3) is 0 Å². The number of nitrogens with zero attached hydrogens (tertiary/aromatic N) is 4.